The second kappa shape index (κ2) is 12.0. The van der Waals surface area contributed by atoms with Gasteiger partial charge >= 0.3 is 11.9 Å². The van der Waals surface area contributed by atoms with Crippen molar-refractivity contribution < 1.29 is 23.9 Å². The maximum atomic E-state index is 13.1. The molecule has 0 saturated carbocycles. The summed E-state index contributed by atoms with van der Waals surface area (Å²) in [6, 6.07) is 27.9. The van der Waals surface area contributed by atoms with Crippen molar-refractivity contribution >= 4 is 34.2 Å². The fraction of sp³-hybridized carbons (Fsp3) is 0.138. The molecule has 4 rings (SSSR count). The molecule has 6 nitrogen and oxygen atoms in total. The van der Waals surface area contributed by atoms with Crippen LogP contribution in [0.2, 0.25) is 0 Å². The number of carbonyl (C=O) groups is 3. The maximum absolute atomic E-state index is 13.1. The van der Waals surface area contributed by atoms with Gasteiger partial charge in [-0.1, -0.05) is 91.0 Å². The SMILES string of the molecule is CCOC(=O)c1c(-c2ccccc2)csc1NC(=O)COC(=O)C(c1ccccc1)c1ccccc1. The Hall–Kier alpha value is -4.23. The van der Waals surface area contributed by atoms with Gasteiger partial charge in [0.15, 0.2) is 6.61 Å². The number of benzene rings is 3. The molecule has 0 aliphatic heterocycles. The lowest BCUT2D eigenvalue weighted by Crippen LogP contribution is -2.25. The minimum atomic E-state index is -0.665. The number of rotatable bonds is 9. The molecule has 4 aromatic rings. The predicted molar refractivity (Wildman–Crippen MR) is 140 cm³/mol. The standard InChI is InChI=1S/C29H25NO5S/c1-2-34-29(33)26-23(20-12-6-3-7-13-20)19-36-27(26)30-24(31)18-35-28(32)25(21-14-8-4-9-15-21)22-16-10-5-11-17-22/h3-17,19,25H,2,18H2,1H3,(H,30,31). The van der Waals surface area contributed by atoms with Crippen LogP contribution in [0, 0.1) is 0 Å². The van der Waals surface area contributed by atoms with Crippen LogP contribution in [-0.2, 0) is 19.1 Å². The van der Waals surface area contributed by atoms with Crippen LogP contribution in [0.25, 0.3) is 11.1 Å². The topological polar surface area (TPSA) is 81.7 Å². The number of thiophene rings is 1. The van der Waals surface area contributed by atoms with Gasteiger partial charge in [-0.25, -0.2) is 4.79 Å². The Labute approximate surface area is 213 Å². The lowest BCUT2D eigenvalue weighted by Gasteiger charge is -2.17. The number of carbonyl (C=O) groups excluding carboxylic acids is 3. The lowest BCUT2D eigenvalue weighted by molar-refractivity contribution is -0.147. The summed E-state index contributed by atoms with van der Waals surface area (Å²) in [5.74, 6) is -2.28. The molecular weight excluding hydrogens is 474 g/mol. The van der Waals surface area contributed by atoms with Crippen LogP contribution in [0.4, 0.5) is 5.00 Å². The molecule has 7 heteroatoms. The normalized spacial score (nSPS) is 10.6. The fourth-order valence-electron chi connectivity index (χ4n) is 3.82. The first kappa shape index (κ1) is 24.9. The van der Waals surface area contributed by atoms with Crippen molar-refractivity contribution in [3.05, 3.63) is 113 Å². The molecule has 1 amide bonds. The Kier molecular flexibility index (Phi) is 8.26. The lowest BCUT2D eigenvalue weighted by atomic mass is 9.91. The van der Waals surface area contributed by atoms with Crippen LogP contribution < -0.4 is 5.32 Å². The molecule has 182 valence electrons. The van der Waals surface area contributed by atoms with Gasteiger partial charge in [0.2, 0.25) is 0 Å². The van der Waals surface area contributed by atoms with Gasteiger partial charge in [-0.3, -0.25) is 9.59 Å². The third-order valence-electron chi connectivity index (χ3n) is 5.46. The first-order valence-corrected chi connectivity index (χ1v) is 12.4. The van der Waals surface area contributed by atoms with E-state index >= 15 is 0 Å². The van der Waals surface area contributed by atoms with Crippen LogP contribution >= 0.6 is 11.3 Å². The van der Waals surface area contributed by atoms with Gasteiger partial charge < -0.3 is 14.8 Å². The first-order chi connectivity index (χ1) is 17.6. The van der Waals surface area contributed by atoms with Gasteiger partial charge in [-0.2, -0.15) is 0 Å². The number of hydrogen-bond acceptors (Lipinski definition) is 6. The van der Waals surface area contributed by atoms with Crippen molar-refractivity contribution in [2.24, 2.45) is 0 Å². The number of nitrogens with one attached hydrogen (secondary N) is 1. The summed E-state index contributed by atoms with van der Waals surface area (Å²) in [5, 5.41) is 4.85. The smallest absolute Gasteiger partial charge is 0.341 e. The highest BCUT2D eigenvalue weighted by molar-refractivity contribution is 7.15. The van der Waals surface area contributed by atoms with E-state index in [2.05, 4.69) is 5.32 Å². The van der Waals surface area contributed by atoms with E-state index in [-0.39, 0.29) is 12.2 Å². The van der Waals surface area contributed by atoms with Gasteiger partial charge in [-0.05, 0) is 23.6 Å². The van der Waals surface area contributed by atoms with Crippen LogP contribution in [0.15, 0.2) is 96.4 Å². The van der Waals surface area contributed by atoms with E-state index in [0.717, 1.165) is 16.7 Å². The third-order valence-corrected chi connectivity index (χ3v) is 6.35. The Balaban J connectivity index is 1.50. The molecule has 0 radical (unpaired) electrons. The van der Waals surface area contributed by atoms with Crippen molar-refractivity contribution in [3.8, 4) is 11.1 Å². The van der Waals surface area contributed by atoms with E-state index in [4.69, 9.17) is 9.47 Å². The molecule has 0 unspecified atom stereocenters. The Morgan fingerprint density at radius 2 is 1.36 bits per heavy atom. The third kappa shape index (κ3) is 5.87. The summed E-state index contributed by atoms with van der Waals surface area (Å²) in [5.41, 5.74) is 3.31. The zero-order valence-electron chi connectivity index (χ0n) is 19.7. The molecule has 0 atom stereocenters. The van der Waals surface area contributed by atoms with Crippen LogP contribution in [0.3, 0.4) is 0 Å². The molecule has 1 N–H and O–H groups in total. The van der Waals surface area contributed by atoms with Crippen molar-refractivity contribution in [2.75, 3.05) is 18.5 Å². The second-order valence-corrected chi connectivity index (χ2v) is 8.73. The minimum Gasteiger partial charge on any atom is -0.462 e. The average molecular weight is 500 g/mol. The molecule has 36 heavy (non-hydrogen) atoms. The van der Waals surface area contributed by atoms with Crippen LogP contribution in [0.5, 0.6) is 0 Å². The second-order valence-electron chi connectivity index (χ2n) is 7.85. The summed E-state index contributed by atoms with van der Waals surface area (Å²) < 4.78 is 10.7. The summed E-state index contributed by atoms with van der Waals surface area (Å²) in [7, 11) is 0. The van der Waals surface area contributed by atoms with Gasteiger partial charge in [0, 0.05) is 10.9 Å². The molecule has 1 heterocycles. The average Bonchev–Trinajstić information content (AvgIpc) is 3.33. The molecule has 0 bridgehead atoms. The highest BCUT2D eigenvalue weighted by atomic mass is 32.1. The van der Waals surface area contributed by atoms with E-state index in [9.17, 15) is 14.4 Å². The Morgan fingerprint density at radius 1 is 0.806 bits per heavy atom. The summed E-state index contributed by atoms with van der Waals surface area (Å²) >= 11 is 1.21. The summed E-state index contributed by atoms with van der Waals surface area (Å²) in [6.45, 7) is 1.43. The largest absolute Gasteiger partial charge is 0.462 e. The van der Waals surface area contributed by atoms with Crippen LogP contribution in [0.1, 0.15) is 34.3 Å². The molecule has 0 aliphatic rings. The van der Waals surface area contributed by atoms with E-state index in [1.807, 2.05) is 91.0 Å². The van der Waals surface area contributed by atoms with Gasteiger partial charge in [0.05, 0.1) is 6.61 Å². The highest BCUT2D eigenvalue weighted by Crippen LogP contribution is 2.36. The van der Waals surface area contributed by atoms with Crippen molar-refractivity contribution in [1.29, 1.82) is 0 Å². The molecule has 1 aromatic heterocycles. The number of esters is 2. The quantitative estimate of drug-likeness (QED) is 0.290. The van der Waals surface area contributed by atoms with Gasteiger partial charge in [-0.15, -0.1) is 11.3 Å². The number of anilines is 1. The zero-order valence-corrected chi connectivity index (χ0v) is 20.5. The number of ether oxygens (including phenoxy) is 2. The molecule has 3 aromatic carbocycles. The Bertz CT molecular complexity index is 1280. The fourth-order valence-corrected chi connectivity index (χ4v) is 4.80. The predicted octanol–water partition coefficient (Wildman–Crippen LogP) is 5.91. The first-order valence-electron chi connectivity index (χ1n) is 11.5. The number of hydrogen-bond donors (Lipinski definition) is 1. The molecule has 0 fully saturated rings. The highest BCUT2D eigenvalue weighted by Gasteiger charge is 2.26. The van der Waals surface area contributed by atoms with E-state index < -0.39 is 30.4 Å². The summed E-state index contributed by atoms with van der Waals surface area (Å²) in [6.07, 6.45) is 0. The summed E-state index contributed by atoms with van der Waals surface area (Å²) in [4.78, 5) is 38.6. The monoisotopic (exact) mass is 499 g/mol. The van der Waals surface area contributed by atoms with E-state index in [1.54, 1.807) is 12.3 Å². The van der Waals surface area contributed by atoms with E-state index in [1.165, 1.54) is 11.3 Å². The molecule has 0 aliphatic carbocycles. The van der Waals surface area contributed by atoms with Crippen LogP contribution in [-0.4, -0.2) is 31.1 Å². The van der Waals surface area contributed by atoms with Gasteiger partial charge in [0.25, 0.3) is 5.91 Å². The van der Waals surface area contributed by atoms with Crippen molar-refractivity contribution in [3.63, 3.8) is 0 Å². The minimum absolute atomic E-state index is 0.203. The number of amides is 1. The Morgan fingerprint density at radius 3 is 1.92 bits per heavy atom. The maximum Gasteiger partial charge on any atom is 0.341 e. The van der Waals surface area contributed by atoms with Crippen molar-refractivity contribution in [2.45, 2.75) is 12.8 Å². The zero-order chi connectivity index (χ0) is 25.3. The van der Waals surface area contributed by atoms with Gasteiger partial charge in [0.1, 0.15) is 16.5 Å². The molecular formula is C29H25NO5S. The molecule has 0 spiro atoms. The molecule has 0 saturated heterocycles. The van der Waals surface area contributed by atoms with E-state index in [0.29, 0.717) is 10.6 Å². The van der Waals surface area contributed by atoms with Crippen molar-refractivity contribution in [1.82, 2.24) is 0 Å².